The molecule has 0 aromatic heterocycles. The summed E-state index contributed by atoms with van der Waals surface area (Å²) >= 11 is 5.86. The van der Waals surface area contributed by atoms with E-state index in [4.69, 9.17) is 11.6 Å². The number of halogens is 1. The van der Waals surface area contributed by atoms with Crippen LogP contribution in [-0.2, 0) is 10.0 Å². The second kappa shape index (κ2) is 7.70. The molecule has 0 bridgehead atoms. The van der Waals surface area contributed by atoms with Gasteiger partial charge in [-0.25, -0.2) is 13.1 Å². The predicted molar refractivity (Wildman–Crippen MR) is 96.9 cm³/mol. The molecule has 1 aromatic carbocycles. The van der Waals surface area contributed by atoms with Gasteiger partial charge in [-0.05, 0) is 44.2 Å². The van der Waals surface area contributed by atoms with E-state index in [0.29, 0.717) is 11.1 Å². The minimum Gasteiger partial charge on any atom is -0.304 e. The Hall–Kier alpha value is -0.660. The standard InChI is InChI=1S/C17H26ClN3O2S/c1-20-10-12-21(13-11-20)17-5-3-2-4-16(17)19-24(22,23)15-8-6-14(18)7-9-15/h6-9,16-17,19H,2-5,10-13H2,1H3/t16-,17-/m0/s1. The molecule has 3 rings (SSSR count). The molecule has 1 aliphatic heterocycles. The molecule has 2 aliphatic rings. The van der Waals surface area contributed by atoms with Gasteiger partial charge in [0.25, 0.3) is 0 Å². The van der Waals surface area contributed by atoms with Crippen LogP contribution in [0.4, 0.5) is 0 Å². The van der Waals surface area contributed by atoms with Gasteiger partial charge in [-0.15, -0.1) is 0 Å². The van der Waals surface area contributed by atoms with Crippen LogP contribution in [0.25, 0.3) is 0 Å². The average Bonchev–Trinajstić information content (AvgIpc) is 2.56. The number of rotatable bonds is 4. The van der Waals surface area contributed by atoms with Crippen molar-refractivity contribution in [2.45, 2.75) is 42.7 Å². The molecule has 5 nitrogen and oxygen atoms in total. The number of nitrogens with zero attached hydrogens (tertiary/aromatic N) is 2. The van der Waals surface area contributed by atoms with E-state index in [1.807, 2.05) is 0 Å². The highest BCUT2D eigenvalue weighted by molar-refractivity contribution is 7.89. The Bertz CT molecular complexity index is 642. The summed E-state index contributed by atoms with van der Waals surface area (Å²) in [5, 5.41) is 0.543. The first-order chi connectivity index (χ1) is 11.5. The van der Waals surface area contributed by atoms with Crippen molar-refractivity contribution in [3.8, 4) is 0 Å². The fourth-order valence-corrected chi connectivity index (χ4v) is 5.15. The van der Waals surface area contributed by atoms with Gasteiger partial charge in [-0.3, -0.25) is 4.90 Å². The fourth-order valence-electron chi connectivity index (χ4n) is 3.72. The first kappa shape index (κ1) is 18.1. The molecule has 24 heavy (non-hydrogen) atoms. The zero-order valence-electron chi connectivity index (χ0n) is 14.1. The van der Waals surface area contributed by atoms with Crippen molar-refractivity contribution in [3.05, 3.63) is 29.3 Å². The lowest BCUT2D eigenvalue weighted by molar-refractivity contribution is 0.0766. The minimum absolute atomic E-state index is 0.0113. The summed E-state index contributed by atoms with van der Waals surface area (Å²) in [6, 6.07) is 6.66. The minimum atomic E-state index is -3.50. The van der Waals surface area contributed by atoms with Crippen LogP contribution in [0.1, 0.15) is 25.7 Å². The Labute approximate surface area is 150 Å². The van der Waals surface area contributed by atoms with Gasteiger partial charge in [-0.1, -0.05) is 24.4 Å². The van der Waals surface area contributed by atoms with Crippen LogP contribution in [-0.4, -0.2) is 63.5 Å². The summed E-state index contributed by atoms with van der Waals surface area (Å²) in [6.45, 7) is 4.13. The van der Waals surface area contributed by atoms with Gasteiger partial charge in [0.2, 0.25) is 10.0 Å². The molecule has 0 unspecified atom stereocenters. The maximum atomic E-state index is 12.7. The molecule has 134 valence electrons. The summed E-state index contributed by atoms with van der Waals surface area (Å²) in [7, 11) is -1.37. The zero-order valence-corrected chi connectivity index (χ0v) is 15.7. The molecule has 1 saturated carbocycles. The van der Waals surface area contributed by atoms with Crippen LogP contribution in [0.2, 0.25) is 5.02 Å². The number of hydrogen-bond donors (Lipinski definition) is 1. The lowest BCUT2D eigenvalue weighted by Gasteiger charge is -2.43. The normalized spacial score (nSPS) is 27.2. The summed E-state index contributed by atoms with van der Waals surface area (Å²) in [5.41, 5.74) is 0. The topological polar surface area (TPSA) is 52.6 Å². The lowest BCUT2D eigenvalue weighted by atomic mass is 9.89. The molecule has 1 aromatic rings. The second-order valence-corrected chi connectivity index (χ2v) is 9.02. The Morgan fingerprint density at radius 2 is 1.67 bits per heavy atom. The third-order valence-corrected chi connectivity index (χ3v) is 6.92. The van der Waals surface area contributed by atoms with Gasteiger partial charge in [-0.2, -0.15) is 0 Å². The molecule has 0 spiro atoms. The summed E-state index contributed by atoms with van der Waals surface area (Å²) < 4.78 is 28.4. The quantitative estimate of drug-likeness (QED) is 0.881. The number of nitrogens with one attached hydrogen (secondary N) is 1. The van der Waals surface area contributed by atoms with Gasteiger partial charge < -0.3 is 4.90 Å². The molecule has 1 heterocycles. The van der Waals surface area contributed by atoms with E-state index >= 15 is 0 Å². The maximum absolute atomic E-state index is 12.7. The number of sulfonamides is 1. The van der Waals surface area contributed by atoms with E-state index in [-0.39, 0.29) is 10.9 Å². The third kappa shape index (κ3) is 4.29. The number of hydrogen-bond acceptors (Lipinski definition) is 4. The number of benzene rings is 1. The van der Waals surface area contributed by atoms with Crippen molar-refractivity contribution in [2.75, 3.05) is 33.2 Å². The van der Waals surface area contributed by atoms with E-state index in [9.17, 15) is 8.42 Å². The second-order valence-electron chi connectivity index (χ2n) is 6.87. The van der Waals surface area contributed by atoms with E-state index in [0.717, 1.165) is 45.4 Å². The lowest BCUT2D eigenvalue weighted by Crippen LogP contribution is -2.57. The highest BCUT2D eigenvalue weighted by Gasteiger charge is 2.34. The molecule has 2 atom stereocenters. The zero-order chi connectivity index (χ0) is 17.2. The highest BCUT2D eigenvalue weighted by Crippen LogP contribution is 2.26. The van der Waals surface area contributed by atoms with E-state index in [1.165, 1.54) is 6.42 Å². The molecule has 0 radical (unpaired) electrons. The van der Waals surface area contributed by atoms with Crippen LogP contribution in [0.5, 0.6) is 0 Å². The van der Waals surface area contributed by atoms with E-state index in [1.54, 1.807) is 24.3 Å². The van der Waals surface area contributed by atoms with E-state index < -0.39 is 10.0 Å². The molecule has 0 amide bonds. The third-order valence-electron chi connectivity index (χ3n) is 5.17. The molecular weight excluding hydrogens is 346 g/mol. The summed E-state index contributed by atoms with van der Waals surface area (Å²) in [5.74, 6) is 0. The largest absolute Gasteiger partial charge is 0.304 e. The highest BCUT2D eigenvalue weighted by atomic mass is 35.5. The SMILES string of the molecule is CN1CCN([C@H]2CCCC[C@@H]2NS(=O)(=O)c2ccc(Cl)cc2)CC1. The van der Waals surface area contributed by atoms with Crippen LogP contribution in [0, 0.1) is 0 Å². The predicted octanol–water partition coefficient (Wildman–Crippen LogP) is 2.18. The van der Waals surface area contributed by atoms with E-state index in [2.05, 4.69) is 21.6 Å². The smallest absolute Gasteiger partial charge is 0.240 e. The number of piperazine rings is 1. The maximum Gasteiger partial charge on any atom is 0.240 e. The molecular formula is C17H26ClN3O2S. The van der Waals surface area contributed by atoms with Crippen molar-refractivity contribution in [1.82, 2.24) is 14.5 Å². The summed E-state index contributed by atoms with van der Waals surface area (Å²) in [4.78, 5) is 5.08. The van der Waals surface area contributed by atoms with Gasteiger partial charge in [0.1, 0.15) is 0 Å². The first-order valence-corrected chi connectivity index (χ1v) is 10.5. The monoisotopic (exact) mass is 371 g/mol. The number of likely N-dealkylation sites (N-methyl/N-ethyl adjacent to an activating group) is 1. The Morgan fingerprint density at radius 3 is 2.33 bits per heavy atom. The molecule has 1 saturated heterocycles. The van der Waals surface area contributed by atoms with Crippen molar-refractivity contribution in [2.24, 2.45) is 0 Å². The molecule has 7 heteroatoms. The fraction of sp³-hybridized carbons (Fsp3) is 0.647. The molecule has 1 aliphatic carbocycles. The average molecular weight is 372 g/mol. The molecule has 2 fully saturated rings. The van der Waals surface area contributed by atoms with Gasteiger partial charge in [0.05, 0.1) is 4.90 Å². The van der Waals surface area contributed by atoms with Gasteiger partial charge in [0.15, 0.2) is 0 Å². The van der Waals surface area contributed by atoms with Crippen molar-refractivity contribution < 1.29 is 8.42 Å². The Balaban J connectivity index is 1.72. The first-order valence-electron chi connectivity index (χ1n) is 8.66. The summed E-state index contributed by atoms with van der Waals surface area (Å²) in [6.07, 6.45) is 4.23. The molecule has 1 N–H and O–H groups in total. The van der Waals surface area contributed by atoms with Crippen LogP contribution < -0.4 is 4.72 Å². The Kier molecular flexibility index (Phi) is 5.82. The Morgan fingerprint density at radius 1 is 1.04 bits per heavy atom. The van der Waals surface area contributed by atoms with Crippen LogP contribution >= 0.6 is 11.6 Å². The van der Waals surface area contributed by atoms with Crippen LogP contribution in [0.15, 0.2) is 29.2 Å². The van der Waals surface area contributed by atoms with Gasteiger partial charge >= 0.3 is 0 Å². The van der Waals surface area contributed by atoms with Crippen molar-refractivity contribution in [3.63, 3.8) is 0 Å². The van der Waals surface area contributed by atoms with Crippen molar-refractivity contribution in [1.29, 1.82) is 0 Å². The van der Waals surface area contributed by atoms with Crippen molar-refractivity contribution >= 4 is 21.6 Å². The van der Waals surface area contributed by atoms with Crippen LogP contribution in [0.3, 0.4) is 0 Å². The van der Waals surface area contributed by atoms with Gasteiger partial charge in [0, 0.05) is 43.3 Å².